The molecule has 0 aromatic heterocycles. The highest BCUT2D eigenvalue weighted by Crippen LogP contribution is 2.19. The molecule has 1 fully saturated rings. The van der Waals surface area contributed by atoms with Crippen LogP contribution in [0.4, 0.5) is 0 Å². The molecule has 1 aliphatic rings. The molecular weight excluding hydrogens is 320 g/mol. The van der Waals surface area contributed by atoms with Crippen LogP contribution in [0.25, 0.3) is 0 Å². The Hall–Kier alpha value is -1.77. The van der Waals surface area contributed by atoms with E-state index in [-0.39, 0.29) is 23.8 Å². The molecule has 1 aromatic carbocycles. The SMILES string of the molecule is CC(=O)c1ccc(S(=O)(=O)N2CCN(C(C)C(=O)O)CC2)cc1. The zero-order valence-corrected chi connectivity index (χ0v) is 13.9. The minimum Gasteiger partial charge on any atom is -0.480 e. The van der Waals surface area contributed by atoms with Crippen LogP contribution < -0.4 is 0 Å². The molecule has 1 N–H and O–H groups in total. The number of benzene rings is 1. The van der Waals surface area contributed by atoms with Crippen molar-refractivity contribution in [3.63, 3.8) is 0 Å². The van der Waals surface area contributed by atoms with Crippen LogP contribution in [-0.4, -0.2) is 66.7 Å². The Morgan fingerprint density at radius 3 is 2.04 bits per heavy atom. The van der Waals surface area contributed by atoms with Gasteiger partial charge in [0.2, 0.25) is 10.0 Å². The molecule has 1 atom stereocenters. The first-order valence-corrected chi connectivity index (χ1v) is 8.75. The Labute approximate surface area is 135 Å². The fraction of sp³-hybridized carbons (Fsp3) is 0.467. The lowest BCUT2D eigenvalue weighted by atomic mass is 10.2. The number of carboxylic acid groups (broad SMARTS) is 1. The lowest BCUT2D eigenvalue weighted by Gasteiger charge is -2.35. The maximum atomic E-state index is 12.6. The summed E-state index contributed by atoms with van der Waals surface area (Å²) in [7, 11) is -3.63. The van der Waals surface area contributed by atoms with Crippen LogP contribution in [0.1, 0.15) is 24.2 Å². The molecule has 0 aliphatic carbocycles. The standard InChI is InChI=1S/C15H20N2O5S/c1-11(15(19)20)16-7-9-17(10-8-16)23(21,22)14-5-3-13(4-6-14)12(2)18/h3-6,11H,7-10H2,1-2H3,(H,19,20). The van der Waals surface area contributed by atoms with E-state index >= 15 is 0 Å². The summed E-state index contributed by atoms with van der Waals surface area (Å²) in [6, 6.07) is 5.22. The second-order valence-corrected chi connectivity index (χ2v) is 7.47. The first-order valence-electron chi connectivity index (χ1n) is 7.31. The van der Waals surface area contributed by atoms with E-state index in [1.165, 1.54) is 35.5 Å². The fourth-order valence-corrected chi connectivity index (χ4v) is 3.92. The van der Waals surface area contributed by atoms with Crippen LogP contribution in [-0.2, 0) is 14.8 Å². The van der Waals surface area contributed by atoms with E-state index in [2.05, 4.69) is 0 Å². The summed E-state index contributed by atoms with van der Waals surface area (Å²) in [5, 5.41) is 9.01. The van der Waals surface area contributed by atoms with Gasteiger partial charge in [0.05, 0.1) is 4.90 Å². The Bertz CT molecular complexity index is 691. The summed E-state index contributed by atoms with van der Waals surface area (Å²) < 4.78 is 26.5. The number of carbonyl (C=O) groups excluding carboxylic acids is 1. The van der Waals surface area contributed by atoms with Gasteiger partial charge in [-0.05, 0) is 26.0 Å². The second-order valence-electron chi connectivity index (χ2n) is 5.53. The van der Waals surface area contributed by atoms with Gasteiger partial charge in [0.25, 0.3) is 0 Å². The Balaban J connectivity index is 2.10. The summed E-state index contributed by atoms with van der Waals surface area (Å²) >= 11 is 0. The van der Waals surface area contributed by atoms with Gasteiger partial charge in [-0.25, -0.2) is 8.42 Å². The molecule has 8 heteroatoms. The smallest absolute Gasteiger partial charge is 0.320 e. The van der Waals surface area contributed by atoms with Crippen molar-refractivity contribution in [1.29, 1.82) is 0 Å². The minimum atomic E-state index is -3.63. The van der Waals surface area contributed by atoms with Crippen molar-refractivity contribution >= 4 is 21.8 Å². The molecule has 0 saturated carbocycles. The van der Waals surface area contributed by atoms with Crippen LogP contribution in [0.15, 0.2) is 29.2 Å². The quantitative estimate of drug-likeness (QED) is 0.792. The summed E-state index contributed by atoms with van der Waals surface area (Å²) in [6.07, 6.45) is 0. The van der Waals surface area contributed by atoms with E-state index in [9.17, 15) is 18.0 Å². The van der Waals surface area contributed by atoms with Gasteiger partial charge in [-0.2, -0.15) is 4.31 Å². The van der Waals surface area contributed by atoms with Gasteiger partial charge >= 0.3 is 5.97 Å². The van der Waals surface area contributed by atoms with Gasteiger partial charge in [0.15, 0.2) is 5.78 Å². The Kier molecular flexibility index (Phi) is 5.18. The number of hydrogen-bond acceptors (Lipinski definition) is 5. The van der Waals surface area contributed by atoms with Crippen LogP contribution in [0.3, 0.4) is 0 Å². The van der Waals surface area contributed by atoms with Crippen molar-refractivity contribution < 1.29 is 23.1 Å². The number of aliphatic carboxylic acids is 1. The van der Waals surface area contributed by atoms with E-state index in [4.69, 9.17) is 5.11 Å². The third-order valence-corrected chi connectivity index (χ3v) is 5.99. The number of carbonyl (C=O) groups is 2. The molecule has 0 amide bonds. The predicted molar refractivity (Wildman–Crippen MR) is 83.9 cm³/mol. The first kappa shape index (κ1) is 17.6. The number of hydrogen-bond donors (Lipinski definition) is 1. The van der Waals surface area contributed by atoms with Crippen molar-refractivity contribution in [1.82, 2.24) is 9.21 Å². The van der Waals surface area contributed by atoms with Crippen LogP contribution in [0, 0.1) is 0 Å². The average molecular weight is 340 g/mol. The summed E-state index contributed by atoms with van der Waals surface area (Å²) in [4.78, 5) is 24.1. The molecule has 0 bridgehead atoms. The first-order chi connectivity index (χ1) is 10.7. The van der Waals surface area contributed by atoms with E-state index in [1.807, 2.05) is 0 Å². The summed E-state index contributed by atoms with van der Waals surface area (Å²) in [6.45, 7) is 4.25. The number of ketones is 1. The normalized spacial score (nSPS) is 18.5. The molecule has 1 unspecified atom stereocenters. The van der Waals surface area contributed by atoms with Gasteiger partial charge in [-0.3, -0.25) is 14.5 Å². The van der Waals surface area contributed by atoms with E-state index in [1.54, 1.807) is 11.8 Å². The predicted octanol–water partition coefficient (Wildman–Crippen LogP) is 0.669. The Morgan fingerprint density at radius 2 is 1.61 bits per heavy atom. The number of piperazine rings is 1. The van der Waals surface area contributed by atoms with Gasteiger partial charge in [-0.15, -0.1) is 0 Å². The third kappa shape index (κ3) is 3.77. The van der Waals surface area contributed by atoms with Gasteiger partial charge < -0.3 is 5.11 Å². The zero-order chi connectivity index (χ0) is 17.2. The zero-order valence-electron chi connectivity index (χ0n) is 13.1. The minimum absolute atomic E-state index is 0.120. The highest BCUT2D eigenvalue weighted by molar-refractivity contribution is 7.89. The van der Waals surface area contributed by atoms with Gasteiger partial charge in [-0.1, -0.05) is 12.1 Å². The number of sulfonamides is 1. The highest BCUT2D eigenvalue weighted by atomic mass is 32.2. The molecule has 1 aliphatic heterocycles. The lowest BCUT2D eigenvalue weighted by molar-refractivity contribution is -0.143. The number of nitrogens with zero attached hydrogens (tertiary/aromatic N) is 2. The van der Waals surface area contributed by atoms with E-state index < -0.39 is 22.0 Å². The van der Waals surface area contributed by atoms with Crippen LogP contribution in [0.5, 0.6) is 0 Å². The molecule has 0 radical (unpaired) electrons. The van der Waals surface area contributed by atoms with E-state index in [0.29, 0.717) is 18.7 Å². The van der Waals surface area contributed by atoms with Crippen LogP contribution in [0.2, 0.25) is 0 Å². The Morgan fingerprint density at radius 1 is 1.09 bits per heavy atom. The number of rotatable bonds is 5. The monoisotopic (exact) mass is 340 g/mol. The molecular formula is C15H20N2O5S. The molecule has 1 heterocycles. The van der Waals surface area contributed by atoms with Crippen molar-refractivity contribution in [3.8, 4) is 0 Å². The van der Waals surface area contributed by atoms with Crippen molar-refractivity contribution in [3.05, 3.63) is 29.8 Å². The van der Waals surface area contributed by atoms with Gasteiger partial charge in [0.1, 0.15) is 6.04 Å². The third-order valence-electron chi connectivity index (χ3n) is 4.08. The second kappa shape index (κ2) is 6.77. The fourth-order valence-electron chi connectivity index (χ4n) is 2.50. The van der Waals surface area contributed by atoms with Crippen molar-refractivity contribution in [2.24, 2.45) is 0 Å². The highest BCUT2D eigenvalue weighted by Gasteiger charge is 2.31. The molecule has 23 heavy (non-hydrogen) atoms. The maximum absolute atomic E-state index is 12.6. The molecule has 1 saturated heterocycles. The number of carboxylic acids is 1. The van der Waals surface area contributed by atoms with E-state index in [0.717, 1.165) is 0 Å². The van der Waals surface area contributed by atoms with Gasteiger partial charge in [0, 0.05) is 31.7 Å². The molecule has 0 spiro atoms. The summed E-state index contributed by atoms with van der Waals surface area (Å²) in [5.74, 6) is -1.04. The molecule has 1 aromatic rings. The summed E-state index contributed by atoms with van der Waals surface area (Å²) in [5.41, 5.74) is 0.462. The van der Waals surface area contributed by atoms with Crippen molar-refractivity contribution in [2.45, 2.75) is 24.8 Å². The largest absolute Gasteiger partial charge is 0.480 e. The van der Waals surface area contributed by atoms with Crippen molar-refractivity contribution in [2.75, 3.05) is 26.2 Å². The molecule has 2 rings (SSSR count). The molecule has 7 nitrogen and oxygen atoms in total. The average Bonchev–Trinajstić information content (AvgIpc) is 2.54. The molecule has 126 valence electrons. The maximum Gasteiger partial charge on any atom is 0.320 e. The topological polar surface area (TPSA) is 95.0 Å². The lowest BCUT2D eigenvalue weighted by Crippen LogP contribution is -2.53. The number of Topliss-reactive ketones (excluding diaryl/α,β-unsaturated/α-hetero) is 1. The van der Waals surface area contributed by atoms with Crippen LogP contribution >= 0.6 is 0 Å².